The third-order valence-electron chi connectivity index (χ3n) is 9.48. The van der Waals surface area contributed by atoms with Crippen molar-refractivity contribution in [2.24, 2.45) is 5.92 Å². The number of ether oxygens (including phenoxy) is 3. The summed E-state index contributed by atoms with van der Waals surface area (Å²) in [5.41, 5.74) is 0.183. The number of nitrogens with one attached hydrogen (secondary N) is 1. The molecule has 2 aliphatic heterocycles. The summed E-state index contributed by atoms with van der Waals surface area (Å²) in [6.45, 7) is 5.23. The Kier molecular flexibility index (Phi) is 8.53. The molecule has 1 aromatic rings. The summed E-state index contributed by atoms with van der Waals surface area (Å²) in [6.07, 6.45) is -2.02. The number of aliphatic hydroxyl groups excluding tert-OH is 2. The lowest BCUT2D eigenvalue weighted by Crippen LogP contribution is -2.74. The van der Waals surface area contributed by atoms with E-state index in [1.54, 1.807) is 26.0 Å². The van der Waals surface area contributed by atoms with Gasteiger partial charge in [-0.1, -0.05) is 26.0 Å². The van der Waals surface area contributed by atoms with Crippen LogP contribution in [0.3, 0.4) is 0 Å². The zero-order chi connectivity index (χ0) is 32.1. The number of amides is 1. The number of esters is 2. The van der Waals surface area contributed by atoms with Gasteiger partial charge in [0.1, 0.15) is 17.6 Å². The number of carboxylic acids is 1. The van der Waals surface area contributed by atoms with Crippen LogP contribution in [0.4, 0.5) is 0 Å². The first kappa shape index (κ1) is 31.9. The molecule has 0 saturated carbocycles. The summed E-state index contributed by atoms with van der Waals surface area (Å²) in [5.74, 6) is -3.70. The summed E-state index contributed by atoms with van der Waals surface area (Å²) >= 11 is 0. The third-order valence-corrected chi connectivity index (χ3v) is 9.48. The van der Waals surface area contributed by atoms with Crippen molar-refractivity contribution in [2.75, 3.05) is 13.6 Å². The standard InChI is InChI=1S/C31H40N2O11/c1-15(2)11-19(28(38)39)32-27(37)16(3)42-23(36)13-20(35)29(40)43-21-7-8-31(41)22-12-17-5-6-18(14-34)25-24(17)30(31,26(21)44-25)9-10-33(22)4/h5-7,15-16,19-20,22,26,34-35,41H,8-14H2,1-4H3,(H,32,37)(H,38,39)/t16-,19-,20-,22+,26-,30-,31+/m0/s1. The molecule has 44 heavy (non-hydrogen) atoms. The molecule has 0 radical (unpaired) electrons. The maximum absolute atomic E-state index is 13.0. The number of carbonyl (C=O) groups is 4. The maximum atomic E-state index is 13.0. The fourth-order valence-corrected chi connectivity index (χ4v) is 7.34. The lowest BCUT2D eigenvalue weighted by atomic mass is 9.50. The number of nitrogens with zero attached hydrogens (tertiary/aromatic N) is 1. The average molecular weight is 617 g/mol. The summed E-state index contributed by atoms with van der Waals surface area (Å²) in [7, 11) is 1.96. The molecule has 7 atom stereocenters. The van der Waals surface area contributed by atoms with E-state index in [0.29, 0.717) is 30.7 Å². The summed E-state index contributed by atoms with van der Waals surface area (Å²) in [4.78, 5) is 51.5. The molecule has 240 valence electrons. The van der Waals surface area contributed by atoms with E-state index in [2.05, 4.69) is 10.2 Å². The number of likely N-dealkylation sites (tertiary alicyclic amines) is 1. The lowest BCUT2D eigenvalue weighted by molar-refractivity contribution is -0.173. The normalized spacial score (nSPS) is 28.6. The fourth-order valence-electron chi connectivity index (χ4n) is 7.34. The molecule has 0 aromatic heterocycles. The van der Waals surface area contributed by atoms with Crippen LogP contribution in [-0.4, -0.2) is 98.7 Å². The van der Waals surface area contributed by atoms with Crippen molar-refractivity contribution in [2.45, 2.75) is 101 Å². The zero-order valence-corrected chi connectivity index (χ0v) is 25.2. The Balaban J connectivity index is 1.27. The number of hydrogen-bond acceptors (Lipinski definition) is 11. The number of piperidine rings is 1. The Bertz CT molecular complexity index is 1390. The Labute approximate surface area is 254 Å². The summed E-state index contributed by atoms with van der Waals surface area (Å²) in [6, 6.07) is 2.35. The predicted octanol–water partition coefficient (Wildman–Crippen LogP) is 0.298. The van der Waals surface area contributed by atoms with Gasteiger partial charge < -0.3 is 44.9 Å². The van der Waals surface area contributed by atoms with Crippen molar-refractivity contribution in [3.63, 3.8) is 0 Å². The molecule has 2 aliphatic carbocycles. The number of benzene rings is 1. The van der Waals surface area contributed by atoms with E-state index in [0.717, 1.165) is 11.1 Å². The Hall–Kier alpha value is -3.52. The SMILES string of the molecule is CC(C)C[C@H](NC(=O)[C@H](C)OC(=O)C[C@H](O)C(=O)OC1=CC[C@@]2(O)[C@H]3Cc4ccc(CO)c5c4[C@@]2(CCN3C)[C@H]1O5)C(=O)O. The number of aliphatic carboxylic acids is 1. The fraction of sp³-hybridized carbons (Fsp3) is 0.613. The molecule has 1 amide bonds. The second-order valence-electron chi connectivity index (χ2n) is 12.7. The van der Waals surface area contributed by atoms with Crippen LogP contribution in [0.1, 0.15) is 63.1 Å². The molecule has 1 fully saturated rings. The van der Waals surface area contributed by atoms with Gasteiger partial charge in [-0.3, -0.25) is 9.59 Å². The first-order chi connectivity index (χ1) is 20.7. The van der Waals surface area contributed by atoms with Crippen LogP contribution in [0.15, 0.2) is 24.0 Å². The molecule has 5 N–H and O–H groups in total. The largest absolute Gasteiger partial charge is 0.481 e. The van der Waals surface area contributed by atoms with Gasteiger partial charge in [0.05, 0.1) is 24.0 Å². The minimum Gasteiger partial charge on any atom is -0.481 e. The minimum absolute atomic E-state index is 0.00957. The lowest BCUT2D eigenvalue weighted by Gasteiger charge is -2.61. The molecule has 1 saturated heterocycles. The van der Waals surface area contributed by atoms with Crippen LogP contribution in [0, 0.1) is 5.92 Å². The van der Waals surface area contributed by atoms with Crippen LogP contribution in [0.2, 0.25) is 0 Å². The monoisotopic (exact) mass is 616 g/mol. The Morgan fingerprint density at radius 2 is 1.93 bits per heavy atom. The number of carboxylic acid groups (broad SMARTS) is 1. The highest BCUT2D eigenvalue weighted by atomic mass is 16.6. The first-order valence-corrected chi connectivity index (χ1v) is 14.9. The van der Waals surface area contributed by atoms with Gasteiger partial charge in [-0.25, -0.2) is 9.59 Å². The highest BCUT2D eigenvalue weighted by molar-refractivity contribution is 5.88. The number of hydrogen-bond donors (Lipinski definition) is 5. The van der Waals surface area contributed by atoms with Gasteiger partial charge >= 0.3 is 17.9 Å². The molecular weight excluding hydrogens is 576 g/mol. The van der Waals surface area contributed by atoms with Crippen molar-refractivity contribution in [1.82, 2.24) is 10.2 Å². The molecule has 1 spiro atoms. The molecule has 2 bridgehead atoms. The van der Waals surface area contributed by atoms with Crippen LogP contribution in [0.5, 0.6) is 5.75 Å². The smallest absolute Gasteiger partial charge is 0.340 e. The van der Waals surface area contributed by atoms with Crippen LogP contribution < -0.4 is 10.1 Å². The maximum Gasteiger partial charge on any atom is 0.340 e. The Morgan fingerprint density at radius 1 is 1.20 bits per heavy atom. The topological polar surface area (TPSA) is 192 Å². The number of rotatable bonds is 11. The zero-order valence-electron chi connectivity index (χ0n) is 25.2. The van der Waals surface area contributed by atoms with E-state index >= 15 is 0 Å². The van der Waals surface area contributed by atoms with E-state index in [1.165, 1.54) is 6.92 Å². The molecule has 0 unspecified atom stereocenters. The van der Waals surface area contributed by atoms with E-state index < -0.39 is 65.6 Å². The van der Waals surface area contributed by atoms with Crippen molar-refractivity contribution < 1.29 is 53.8 Å². The van der Waals surface area contributed by atoms with E-state index in [4.69, 9.17) is 14.2 Å². The van der Waals surface area contributed by atoms with Crippen molar-refractivity contribution in [1.29, 1.82) is 0 Å². The predicted molar refractivity (Wildman–Crippen MR) is 152 cm³/mol. The highest BCUT2D eigenvalue weighted by Gasteiger charge is 2.72. The Morgan fingerprint density at radius 3 is 2.59 bits per heavy atom. The van der Waals surface area contributed by atoms with Crippen LogP contribution in [0.25, 0.3) is 0 Å². The van der Waals surface area contributed by atoms with E-state index in [1.807, 2.05) is 13.1 Å². The highest BCUT2D eigenvalue weighted by Crippen LogP contribution is 2.64. The van der Waals surface area contributed by atoms with Crippen molar-refractivity contribution in [3.8, 4) is 5.75 Å². The van der Waals surface area contributed by atoms with E-state index in [9.17, 15) is 39.6 Å². The van der Waals surface area contributed by atoms with Crippen molar-refractivity contribution >= 4 is 23.8 Å². The van der Waals surface area contributed by atoms with Gasteiger partial charge in [-0.05, 0) is 57.3 Å². The van der Waals surface area contributed by atoms with Gasteiger partial charge in [0.15, 0.2) is 18.3 Å². The molecular formula is C31H40N2O11. The second-order valence-corrected chi connectivity index (χ2v) is 12.7. The first-order valence-electron chi connectivity index (χ1n) is 14.9. The molecule has 13 heteroatoms. The van der Waals surface area contributed by atoms with Gasteiger partial charge in [0, 0.05) is 23.6 Å². The van der Waals surface area contributed by atoms with Gasteiger partial charge in [-0.2, -0.15) is 0 Å². The van der Waals surface area contributed by atoms with Gasteiger partial charge in [0.25, 0.3) is 5.91 Å². The summed E-state index contributed by atoms with van der Waals surface area (Å²) in [5, 5.41) is 44.5. The second kappa shape index (κ2) is 11.8. The molecule has 4 aliphatic rings. The molecule has 2 heterocycles. The average Bonchev–Trinajstić information content (AvgIpc) is 3.31. The number of aliphatic hydroxyl groups is 3. The minimum atomic E-state index is -1.94. The van der Waals surface area contributed by atoms with Gasteiger partial charge in [-0.15, -0.1) is 0 Å². The van der Waals surface area contributed by atoms with Crippen LogP contribution in [-0.2, 0) is 47.1 Å². The third kappa shape index (κ3) is 5.15. The quantitative estimate of drug-likeness (QED) is 0.214. The van der Waals surface area contributed by atoms with Crippen molar-refractivity contribution in [3.05, 3.63) is 40.7 Å². The molecule has 13 nitrogen and oxygen atoms in total. The molecule has 1 aromatic carbocycles. The summed E-state index contributed by atoms with van der Waals surface area (Å²) < 4.78 is 17.0. The molecule has 5 rings (SSSR count). The van der Waals surface area contributed by atoms with Gasteiger partial charge in [0.2, 0.25) is 0 Å². The van der Waals surface area contributed by atoms with E-state index in [-0.39, 0.29) is 37.2 Å². The number of likely N-dealkylation sites (N-methyl/N-ethyl adjacent to an activating group) is 1. The van der Waals surface area contributed by atoms with Crippen LogP contribution >= 0.6 is 0 Å². The number of carbonyl (C=O) groups excluding carboxylic acids is 3.